The first-order chi connectivity index (χ1) is 12.1. The fourth-order valence-electron chi connectivity index (χ4n) is 2.39. The lowest BCUT2D eigenvalue weighted by Gasteiger charge is -2.17. The van der Waals surface area contributed by atoms with Crippen molar-refractivity contribution >= 4 is 32.6 Å². The molecule has 3 rings (SSSR count). The van der Waals surface area contributed by atoms with E-state index in [2.05, 4.69) is 0 Å². The highest BCUT2D eigenvalue weighted by atomic mass is 32.1. The van der Waals surface area contributed by atoms with Crippen LogP contribution in [0.4, 0.5) is 18.2 Å². The molecule has 2 aromatic heterocycles. The van der Waals surface area contributed by atoms with Gasteiger partial charge in [-0.2, -0.15) is 13.2 Å². The average Bonchev–Trinajstić information content (AvgIpc) is 2.96. The number of carbonyl (C=O) groups is 1. The zero-order chi connectivity index (χ0) is 19.1. The summed E-state index contributed by atoms with van der Waals surface area (Å²) in [5.41, 5.74) is -1.16. The number of anilines is 1. The Morgan fingerprint density at radius 3 is 2.46 bits per heavy atom. The van der Waals surface area contributed by atoms with E-state index in [9.17, 15) is 22.8 Å². The molecule has 0 unspecified atom stereocenters. The second kappa shape index (κ2) is 6.49. The highest BCUT2D eigenvalue weighted by molar-refractivity contribution is 7.22. The molecule has 0 aliphatic rings. The molecule has 2 heterocycles. The van der Waals surface area contributed by atoms with Crippen molar-refractivity contribution in [3.8, 4) is 0 Å². The van der Waals surface area contributed by atoms with Crippen LogP contribution in [0.2, 0.25) is 0 Å². The molecule has 0 aliphatic carbocycles. The Morgan fingerprint density at radius 1 is 1.23 bits per heavy atom. The van der Waals surface area contributed by atoms with E-state index in [0.717, 1.165) is 12.1 Å². The number of alkyl halides is 3. The summed E-state index contributed by atoms with van der Waals surface area (Å²) >= 11 is 1.22. The Labute approximate surface area is 148 Å². The SMILES string of the molecule is CN(Cc1ccc(C(F)(F)F)cc1)c1cc2oc(=O)c(C(=O)O)cc2s1. The predicted molar refractivity (Wildman–Crippen MR) is 90.9 cm³/mol. The van der Waals surface area contributed by atoms with Gasteiger partial charge in [-0.1, -0.05) is 12.1 Å². The maximum Gasteiger partial charge on any atom is 0.416 e. The summed E-state index contributed by atoms with van der Waals surface area (Å²) in [6.45, 7) is 0.334. The van der Waals surface area contributed by atoms with Gasteiger partial charge in [0.1, 0.15) is 5.56 Å². The third-order valence-electron chi connectivity index (χ3n) is 3.72. The molecule has 1 N–H and O–H groups in total. The Kier molecular flexibility index (Phi) is 4.49. The summed E-state index contributed by atoms with van der Waals surface area (Å²) in [4.78, 5) is 24.4. The van der Waals surface area contributed by atoms with Crippen LogP contribution in [0.3, 0.4) is 0 Å². The lowest BCUT2D eigenvalue weighted by molar-refractivity contribution is -0.137. The Bertz CT molecular complexity index is 1020. The van der Waals surface area contributed by atoms with Gasteiger partial charge in [-0.15, -0.1) is 11.3 Å². The van der Waals surface area contributed by atoms with E-state index in [1.54, 1.807) is 18.0 Å². The zero-order valence-electron chi connectivity index (χ0n) is 13.3. The molecule has 26 heavy (non-hydrogen) atoms. The van der Waals surface area contributed by atoms with Crippen molar-refractivity contribution in [2.24, 2.45) is 0 Å². The van der Waals surface area contributed by atoms with Crippen LogP contribution in [0.1, 0.15) is 21.5 Å². The summed E-state index contributed by atoms with van der Waals surface area (Å²) in [6.07, 6.45) is -4.38. The first kappa shape index (κ1) is 18.0. The minimum Gasteiger partial charge on any atom is -0.477 e. The summed E-state index contributed by atoms with van der Waals surface area (Å²) in [5.74, 6) is -1.37. The Morgan fingerprint density at radius 2 is 1.88 bits per heavy atom. The van der Waals surface area contributed by atoms with Crippen molar-refractivity contribution < 1.29 is 27.5 Å². The Hall–Kier alpha value is -2.81. The molecule has 0 saturated heterocycles. The number of thiophene rings is 1. The van der Waals surface area contributed by atoms with Crippen LogP contribution in [-0.4, -0.2) is 18.1 Å². The van der Waals surface area contributed by atoms with Crippen LogP contribution in [0.5, 0.6) is 0 Å². The molecule has 9 heteroatoms. The molecular weight excluding hydrogens is 371 g/mol. The standard InChI is InChI=1S/C17H12F3NO4S/c1-21(8-9-2-4-10(5-3-9)17(18,19)20)14-7-12-13(26-14)6-11(15(22)23)16(24)25-12/h2-7H,8H2,1H3,(H,22,23). The lowest BCUT2D eigenvalue weighted by atomic mass is 10.1. The summed E-state index contributed by atoms with van der Waals surface area (Å²) in [6, 6.07) is 7.68. The maximum atomic E-state index is 12.6. The largest absolute Gasteiger partial charge is 0.477 e. The molecule has 0 aliphatic heterocycles. The molecule has 0 atom stereocenters. The number of rotatable bonds is 4. The number of halogens is 3. The maximum absolute atomic E-state index is 12.6. The second-order valence-electron chi connectivity index (χ2n) is 5.62. The van der Waals surface area contributed by atoms with Gasteiger partial charge in [-0.05, 0) is 23.8 Å². The first-order valence-corrected chi connectivity index (χ1v) is 8.15. The van der Waals surface area contributed by atoms with Gasteiger partial charge in [0.2, 0.25) is 0 Å². The van der Waals surface area contributed by atoms with Crippen molar-refractivity contribution in [3.05, 3.63) is 63.5 Å². The van der Waals surface area contributed by atoms with Crippen molar-refractivity contribution in [2.45, 2.75) is 12.7 Å². The van der Waals surface area contributed by atoms with Crippen LogP contribution in [0, 0.1) is 0 Å². The van der Waals surface area contributed by atoms with Gasteiger partial charge in [-0.3, -0.25) is 0 Å². The number of carboxylic acids is 1. The molecule has 1 aromatic carbocycles. The van der Waals surface area contributed by atoms with Gasteiger partial charge in [-0.25, -0.2) is 9.59 Å². The molecule has 0 saturated carbocycles. The quantitative estimate of drug-likeness (QED) is 0.731. The summed E-state index contributed by atoms with van der Waals surface area (Å²) < 4.78 is 43.3. The molecule has 3 aromatic rings. The van der Waals surface area contributed by atoms with Crippen LogP contribution in [0.25, 0.3) is 10.3 Å². The number of aromatic carboxylic acids is 1. The number of benzene rings is 1. The lowest BCUT2D eigenvalue weighted by Crippen LogP contribution is -2.15. The third kappa shape index (κ3) is 3.57. The first-order valence-electron chi connectivity index (χ1n) is 7.33. The third-order valence-corrected chi connectivity index (χ3v) is 4.90. The highest BCUT2D eigenvalue weighted by Crippen LogP contribution is 2.33. The molecule has 0 radical (unpaired) electrons. The number of hydrogen-bond donors (Lipinski definition) is 1. The number of hydrogen-bond acceptors (Lipinski definition) is 5. The molecule has 0 spiro atoms. The second-order valence-corrected chi connectivity index (χ2v) is 6.68. The van der Waals surface area contributed by atoms with Crippen LogP contribution < -0.4 is 10.5 Å². The van der Waals surface area contributed by atoms with Gasteiger partial charge < -0.3 is 14.4 Å². The topological polar surface area (TPSA) is 70.8 Å². The van der Waals surface area contributed by atoms with Gasteiger partial charge in [0, 0.05) is 19.7 Å². The van der Waals surface area contributed by atoms with E-state index in [1.807, 2.05) is 0 Å². The van der Waals surface area contributed by atoms with E-state index in [1.165, 1.54) is 29.5 Å². The van der Waals surface area contributed by atoms with Crippen molar-refractivity contribution in [1.82, 2.24) is 0 Å². The monoisotopic (exact) mass is 383 g/mol. The van der Waals surface area contributed by atoms with Gasteiger partial charge in [0.15, 0.2) is 5.58 Å². The molecule has 136 valence electrons. The number of fused-ring (bicyclic) bond motifs is 1. The smallest absolute Gasteiger partial charge is 0.416 e. The molecular formula is C17H12F3NO4S. The predicted octanol–water partition coefficient (Wildman–Crippen LogP) is 4.21. The van der Waals surface area contributed by atoms with Gasteiger partial charge >= 0.3 is 17.8 Å². The van der Waals surface area contributed by atoms with Crippen LogP contribution in [-0.2, 0) is 12.7 Å². The normalized spacial score (nSPS) is 11.7. The molecule has 5 nitrogen and oxygen atoms in total. The van der Waals surface area contributed by atoms with Crippen molar-refractivity contribution in [2.75, 3.05) is 11.9 Å². The molecule has 0 amide bonds. The average molecular weight is 383 g/mol. The van der Waals surface area contributed by atoms with Crippen molar-refractivity contribution in [3.63, 3.8) is 0 Å². The molecule has 0 bridgehead atoms. The Balaban J connectivity index is 1.84. The molecule has 0 fully saturated rings. The van der Waals surface area contributed by atoms with Crippen LogP contribution >= 0.6 is 11.3 Å². The van der Waals surface area contributed by atoms with E-state index >= 15 is 0 Å². The number of nitrogens with zero attached hydrogens (tertiary/aromatic N) is 1. The fraction of sp³-hybridized carbons (Fsp3) is 0.176. The fourth-order valence-corrected chi connectivity index (χ4v) is 3.38. The van der Waals surface area contributed by atoms with E-state index in [0.29, 0.717) is 21.8 Å². The van der Waals surface area contributed by atoms with Gasteiger partial charge in [0.05, 0.1) is 15.3 Å². The van der Waals surface area contributed by atoms with Crippen LogP contribution in [0.15, 0.2) is 45.6 Å². The van der Waals surface area contributed by atoms with E-state index < -0.39 is 28.9 Å². The summed E-state index contributed by atoms with van der Waals surface area (Å²) in [5, 5.41) is 9.66. The highest BCUT2D eigenvalue weighted by Gasteiger charge is 2.29. The number of carboxylic acid groups (broad SMARTS) is 1. The van der Waals surface area contributed by atoms with E-state index in [-0.39, 0.29) is 5.58 Å². The summed E-state index contributed by atoms with van der Waals surface area (Å²) in [7, 11) is 1.73. The zero-order valence-corrected chi connectivity index (χ0v) is 14.1. The minimum absolute atomic E-state index is 0.263. The minimum atomic E-state index is -4.38. The van der Waals surface area contributed by atoms with E-state index in [4.69, 9.17) is 9.52 Å². The van der Waals surface area contributed by atoms with Crippen molar-refractivity contribution in [1.29, 1.82) is 0 Å². The van der Waals surface area contributed by atoms with Gasteiger partial charge in [0.25, 0.3) is 0 Å².